The molecule has 0 aromatic heterocycles. The van der Waals surface area contributed by atoms with Crippen molar-refractivity contribution in [3.05, 3.63) is 53.6 Å². The van der Waals surface area contributed by atoms with Gasteiger partial charge in [0.05, 0.1) is 10.6 Å². The molecule has 0 bridgehead atoms. The molecule has 24 heavy (non-hydrogen) atoms. The van der Waals surface area contributed by atoms with Crippen LogP contribution in [-0.4, -0.2) is 25.5 Å². The number of phenols is 1. The molecule has 3 rings (SSSR count). The van der Waals surface area contributed by atoms with Crippen LogP contribution in [0.2, 0.25) is 0 Å². The Balaban J connectivity index is 1.73. The number of sulfonamides is 1. The van der Waals surface area contributed by atoms with E-state index in [0.717, 1.165) is 18.4 Å². The number of amides is 1. The van der Waals surface area contributed by atoms with Crippen LogP contribution in [0.3, 0.4) is 0 Å². The van der Waals surface area contributed by atoms with Crippen molar-refractivity contribution in [1.82, 2.24) is 4.72 Å². The first-order chi connectivity index (χ1) is 11.3. The molecule has 2 aromatic carbocycles. The van der Waals surface area contributed by atoms with Gasteiger partial charge in [-0.15, -0.1) is 0 Å². The number of rotatable bonds is 5. The molecular formula is C17H18N2O4S. The molecule has 0 saturated heterocycles. The van der Waals surface area contributed by atoms with Crippen LogP contribution in [0.5, 0.6) is 5.75 Å². The average Bonchev–Trinajstić information content (AvgIpc) is 3.33. The van der Waals surface area contributed by atoms with E-state index in [2.05, 4.69) is 10.0 Å². The highest BCUT2D eigenvalue weighted by molar-refractivity contribution is 7.89. The molecule has 0 radical (unpaired) electrons. The number of benzene rings is 2. The Morgan fingerprint density at radius 1 is 1.12 bits per heavy atom. The number of hydrogen-bond donors (Lipinski definition) is 3. The van der Waals surface area contributed by atoms with E-state index in [1.54, 1.807) is 18.2 Å². The molecule has 1 amide bonds. The Morgan fingerprint density at radius 3 is 2.38 bits per heavy atom. The summed E-state index contributed by atoms with van der Waals surface area (Å²) in [5.41, 5.74) is 1.49. The standard InChI is InChI=1S/C17H18N2O4S/c1-11-2-9-15(16(20)10-11)18-17(21)12-3-7-14(8-4-12)24(22,23)19-13-5-6-13/h2-4,7-10,13,19-20H,5-6H2,1H3,(H,18,21). The molecule has 1 aliphatic rings. The van der Waals surface area contributed by atoms with Crippen LogP contribution >= 0.6 is 0 Å². The van der Waals surface area contributed by atoms with Gasteiger partial charge in [-0.2, -0.15) is 0 Å². The number of hydrogen-bond acceptors (Lipinski definition) is 4. The summed E-state index contributed by atoms with van der Waals surface area (Å²) < 4.78 is 26.8. The fourth-order valence-electron chi connectivity index (χ4n) is 2.22. The number of nitrogens with one attached hydrogen (secondary N) is 2. The molecule has 1 aliphatic carbocycles. The minimum atomic E-state index is -3.53. The second kappa shape index (κ2) is 6.26. The normalized spacial score (nSPS) is 14.4. The van der Waals surface area contributed by atoms with Gasteiger partial charge in [0.25, 0.3) is 5.91 Å². The molecule has 0 unspecified atom stereocenters. The second-order valence-corrected chi connectivity index (χ2v) is 7.61. The molecule has 3 N–H and O–H groups in total. The third-order valence-electron chi connectivity index (χ3n) is 3.73. The highest BCUT2D eigenvalue weighted by Crippen LogP contribution is 2.25. The van der Waals surface area contributed by atoms with E-state index in [1.165, 1.54) is 24.3 Å². The number of anilines is 1. The molecule has 0 spiro atoms. The van der Waals surface area contributed by atoms with Gasteiger partial charge in [0.15, 0.2) is 0 Å². The van der Waals surface area contributed by atoms with Crippen molar-refractivity contribution in [2.24, 2.45) is 0 Å². The first-order valence-corrected chi connectivity index (χ1v) is 9.07. The van der Waals surface area contributed by atoms with E-state index in [4.69, 9.17) is 0 Å². The molecule has 2 aromatic rings. The lowest BCUT2D eigenvalue weighted by molar-refractivity contribution is 0.102. The first-order valence-electron chi connectivity index (χ1n) is 7.58. The fourth-order valence-corrected chi connectivity index (χ4v) is 3.52. The van der Waals surface area contributed by atoms with Crippen molar-refractivity contribution in [1.29, 1.82) is 0 Å². The molecule has 0 heterocycles. The maximum atomic E-state index is 12.2. The Morgan fingerprint density at radius 2 is 1.79 bits per heavy atom. The Hall–Kier alpha value is -2.38. The van der Waals surface area contributed by atoms with E-state index in [-0.39, 0.29) is 16.7 Å². The summed E-state index contributed by atoms with van der Waals surface area (Å²) in [4.78, 5) is 12.3. The molecule has 0 aliphatic heterocycles. The minimum absolute atomic E-state index is 0.0174. The Bertz CT molecular complexity index is 872. The van der Waals surface area contributed by atoms with Crippen molar-refractivity contribution in [2.45, 2.75) is 30.7 Å². The fraction of sp³-hybridized carbons (Fsp3) is 0.235. The van der Waals surface area contributed by atoms with Gasteiger partial charge in [-0.05, 0) is 61.7 Å². The quantitative estimate of drug-likeness (QED) is 0.725. The molecule has 126 valence electrons. The number of carbonyl (C=O) groups excluding carboxylic acids is 1. The zero-order valence-corrected chi connectivity index (χ0v) is 13.9. The van der Waals surface area contributed by atoms with Gasteiger partial charge >= 0.3 is 0 Å². The summed E-state index contributed by atoms with van der Waals surface area (Å²) in [5.74, 6) is -0.440. The lowest BCUT2D eigenvalue weighted by Crippen LogP contribution is -2.25. The maximum Gasteiger partial charge on any atom is 0.255 e. The molecular weight excluding hydrogens is 328 g/mol. The topological polar surface area (TPSA) is 95.5 Å². The van der Waals surface area contributed by atoms with Gasteiger partial charge in [0.2, 0.25) is 10.0 Å². The van der Waals surface area contributed by atoms with Crippen molar-refractivity contribution >= 4 is 21.6 Å². The SMILES string of the molecule is Cc1ccc(NC(=O)c2ccc(S(=O)(=O)NC3CC3)cc2)c(O)c1. The van der Waals surface area contributed by atoms with Crippen molar-refractivity contribution in [3.8, 4) is 5.75 Å². The zero-order valence-electron chi connectivity index (χ0n) is 13.1. The zero-order chi connectivity index (χ0) is 17.3. The summed E-state index contributed by atoms with van der Waals surface area (Å²) in [6.07, 6.45) is 1.72. The Kier molecular flexibility index (Phi) is 4.29. The van der Waals surface area contributed by atoms with Gasteiger partial charge in [-0.3, -0.25) is 4.79 Å². The Labute approximate surface area is 140 Å². The largest absolute Gasteiger partial charge is 0.506 e. The van der Waals surface area contributed by atoms with E-state index in [1.807, 2.05) is 6.92 Å². The summed E-state index contributed by atoms with van der Waals surface area (Å²) in [5, 5.41) is 12.4. The van der Waals surface area contributed by atoms with Crippen LogP contribution in [0.4, 0.5) is 5.69 Å². The third-order valence-corrected chi connectivity index (χ3v) is 5.26. The van der Waals surface area contributed by atoms with E-state index < -0.39 is 15.9 Å². The molecule has 7 heteroatoms. The minimum Gasteiger partial charge on any atom is -0.506 e. The maximum absolute atomic E-state index is 12.2. The number of phenolic OH excluding ortho intramolecular Hbond substituents is 1. The van der Waals surface area contributed by atoms with Gasteiger partial charge in [0, 0.05) is 11.6 Å². The average molecular weight is 346 g/mol. The summed E-state index contributed by atoms with van der Waals surface area (Å²) in [6.45, 7) is 1.83. The van der Waals surface area contributed by atoms with Gasteiger partial charge in [-0.25, -0.2) is 13.1 Å². The predicted octanol–water partition coefficient (Wildman–Crippen LogP) is 2.39. The lowest BCUT2D eigenvalue weighted by atomic mass is 10.2. The third kappa shape index (κ3) is 3.74. The number of carbonyl (C=O) groups is 1. The summed E-state index contributed by atoms with van der Waals surface area (Å²) >= 11 is 0. The van der Waals surface area contributed by atoms with Crippen molar-refractivity contribution < 1.29 is 18.3 Å². The van der Waals surface area contributed by atoms with Crippen molar-refractivity contribution in [3.63, 3.8) is 0 Å². The smallest absolute Gasteiger partial charge is 0.255 e. The first kappa shape index (κ1) is 16.5. The van der Waals surface area contributed by atoms with E-state index >= 15 is 0 Å². The van der Waals surface area contributed by atoms with Crippen LogP contribution in [0.25, 0.3) is 0 Å². The molecule has 6 nitrogen and oxygen atoms in total. The van der Waals surface area contributed by atoms with Crippen LogP contribution < -0.4 is 10.0 Å². The molecule has 0 atom stereocenters. The highest BCUT2D eigenvalue weighted by atomic mass is 32.2. The number of aryl methyl sites for hydroxylation is 1. The highest BCUT2D eigenvalue weighted by Gasteiger charge is 2.27. The van der Waals surface area contributed by atoms with Gasteiger partial charge < -0.3 is 10.4 Å². The lowest BCUT2D eigenvalue weighted by Gasteiger charge is -2.09. The molecule has 1 saturated carbocycles. The monoisotopic (exact) mass is 346 g/mol. The predicted molar refractivity (Wildman–Crippen MR) is 90.6 cm³/mol. The van der Waals surface area contributed by atoms with E-state index in [0.29, 0.717) is 11.3 Å². The number of aromatic hydroxyl groups is 1. The van der Waals surface area contributed by atoms with Crippen LogP contribution in [0, 0.1) is 6.92 Å². The van der Waals surface area contributed by atoms with Crippen molar-refractivity contribution in [2.75, 3.05) is 5.32 Å². The van der Waals surface area contributed by atoms with Crippen LogP contribution in [-0.2, 0) is 10.0 Å². The van der Waals surface area contributed by atoms with Gasteiger partial charge in [0.1, 0.15) is 5.75 Å². The molecule has 1 fully saturated rings. The van der Waals surface area contributed by atoms with Crippen LogP contribution in [0.1, 0.15) is 28.8 Å². The van der Waals surface area contributed by atoms with Crippen LogP contribution in [0.15, 0.2) is 47.4 Å². The van der Waals surface area contributed by atoms with E-state index in [9.17, 15) is 18.3 Å². The second-order valence-electron chi connectivity index (χ2n) is 5.89. The summed E-state index contributed by atoms with van der Waals surface area (Å²) in [7, 11) is -3.53. The van der Waals surface area contributed by atoms with Gasteiger partial charge in [-0.1, -0.05) is 6.07 Å². The summed E-state index contributed by atoms with van der Waals surface area (Å²) in [6, 6.07) is 10.7.